The monoisotopic (exact) mass is 435 g/mol. The molecule has 3 fully saturated rings. The van der Waals surface area contributed by atoms with E-state index in [-0.39, 0.29) is 24.9 Å². The lowest BCUT2D eigenvalue weighted by Gasteiger charge is -2.36. The van der Waals surface area contributed by atoms with Gasteiger partial charge in [-0.15, -0.1) is 0 Å². The fourth-order valence-corrected chi connectivity index (χ4v) is 5.68. The van der Waals surface area contributed by atoms with Crippen molar-refractivity contribution in [3.63, 3.8) is 0 Å². The van der Waals surface area contributed by atoms with E-state index in [0.29, 0.717) is 5.92 Å². The van der Waals surface area contributed by atoms with Gasteiger partial charge in [-0.25, -0.2) is 9.78 Å². The number of nitrogens with zero attached hydrogens (tertiary/aromatic N) is 2. The molecule has 6 rings (SSSR count). The summed E-state index contributed by atoms with van der Waals surface area (Å²) in [6.45, 7) is 0.248. The molecule has 1 aromatic carbocycles. The summed E-state index contributed by atoms with van der Waals surface area (Å²) >= 11 is 0. The van der Waals surface area contributed by atoms with E-state index in [1.807, 2.05) is 11.0 Å². The number of rotatable bonds is 4. The molecule has 4 aliphatic rings. The lowest BCUT2D eigenvalue weighted by molar-refractivity contribution is 0.174. The predicted octanol–water partition coefficient (Wildman–Crippen LogP) is 6.02. The van der Waals surface area contributed by atoms with Crippen molar-refractivity contribution in [1.82, 2.24) is 10.3 Å². The summed E-state index contributed by atoms with van der Waals surface area (Å²) < 4.78 is 11.3. The third kappa shape index (κ3) is 3.89. The highest BCUT2D eigenvalue weighted by atomic mass is 16.7. The minimum atomic E-state index is 0.0308. The Bertz CT molecular complexity index is 1010. The van der Waals surface area contributed by atoms with Crippen molar-refractivity contribution < 1.29 is 14.3 Å². The molecule has 32 heavy (non-hydrogen) atoms. The molecule has 1 aromatic heterocycles. The van der Waals surface area contributed by atoms with E-state index in [0.717, 1.165) is 59.5 Å². The molecule has 170 valence electrons. The fourth-order valence-electron chi connectivity index (χ4n) is 5.68. The second kappa shape index (κ2) is 8.45. The molecule has 0 saturated heterocycles. The largest absolute Gasteiger partial charge is 0.454 e. The van der Waals surface area contributed by atoms with Gasteiger partial charge in [-0.05, 0) is 62.1 Å². The minimum absolute atomic E-state index is 0.0308. The first-order chi connectivity index (χ1) is 15.8. The van der Waals surface area contributed by atoms with Gasteiger partial charge in [0.2, 0.25) is 6.79 Å². The van der Waals surface area contributed by atoms with Crippen LogP contribution in [0.3, 0.4) is 0 Å². The molecule has 3 aliphatic carbocycles. The number of hydrogen-bond acceptors (Lipinski definition) is 4. The number of nitrogens with one attached hydrogen (secondary N) is 1. The van der Waals surface area contributed by atoms with Gasteiger partial charge in [0, 0.05) is 29.1 Å². The highest BCUT2D eigenvalue weighted by Gasteiger charge is 2.34. The molecule has 0 atom stereocenters. The second-order valence-electron chi connectivity index (χ2n) is 10.0. The van der Waals surface area contributed by atoms with Crippen molar-refractivity contribution >= 4 is 22.6 Å². The third-order valence-corrected chi connectivity index (χ3v) is 7.64. The van der Waals surface area contributed by atoms with Crippen molar-refractivity contribution in [3.05, 3.63) is 23.9 Å². The molecule has 0 bridgehead atoms. The average molecular weight is 436 g/mol. The Hall–Kier alpha value is -2.50. The summed E-state index contributed by atoms with van der Waals surface area (Å²) in [4.78, 5) is 21.0. The highest BCUT2D eigenvalue weighted by molar-refractivity contribution is 6.03. The van der Waals surface area contributed by atoms with Crippen molar-refractivity contribution in [2.75, 3.05) is 11.7 Å². The Morgan fingerprint density at radius 3 is 2.28 bits per heavy atom. The third-order valence-electron chi connectivity index (χ3n) is 7.64. The van der Waals surface area contributed by atoms with Crippen LogP contribution >= 0.6 is 0 Å². The second-order valence-corrected chi connectivity index (χ2v) is 10.0. The van der Waals surface area contributed by atoms with Crippen LogP contribution in [-0.4, -0.2) is 29.9 Å². The first kappa shape index (κ1) is 20.1. The molecule has 2 aromatic rings. The number of anilines is 1. The smallest absolute Gasteiger partial charge is 0.323 e. The number of hydrogen-bond donors (Lipinski definition) is 1. The van der Waals surface area contributed by atoms with Gasteiger partial charge >= 0.3 is 6.03 Å². The standard InChI is InChI=1S/C26H33N3O3/c30-26(27-19-7-3-1-4-8-19)29(20-9-5-2-6-10-20)25-21-15-24-23(31-16-32-24)14-18(21)13-22(28-25)17-11-12-17/h13-15,17,19-20H,1-12,16H2,(H,27,30). The van der Waals surface area contributed by atoms with Crippen molar-refractivity contribution in [2.45, 2.75) is 95.1 Å². The number of carbonyl (C=O) groups excluding carboxylic acids is 1. The minimum Gasteiger partial charge on any atom is -0.454 e. The van der Waals surface area contributed by atoms with Crippen molar-refractivity contribution in [1.29, 1.82) is 0 Å². The molecule has 2 amide bonds. The summed E-state index contributed by atoms with van der Waals surface area (Å²) in [7, 11) is 0. The fraction of sp³-hybridized carbons (Fsp3) is 0.615. The lowest BCUT2D eigenvalue weighted by atomic mass is 9.93. The average Bonchev–Trinajstić information content (AvgIpc) is 3.57. The van der Waals surface area contributed by atoms with Crippen molar-refractivity contribution in [3.8, 4) is 11.5 Å². The first-order valence-electron chi connectivity index (χ1n) is 12.6. The van der Waals surface area contributed by atoms with Gasteiger partial charge in [0.25, 0.3) is 0 Å². The molecule has 1 N–H and O–H groups in total. The summed E-state index contributed by atoms with van der Waals surface area (Å²) in [5.41, 5.74) is 1.11. The van der Waals surface area contributed by atoms with Crippen LogP contribution in [0.15, 0.2) is 18.2 Å². The van der Waals surface area contributed by atoms with E-state index < -0.39 is 0 Å². The Morgan fingerprint density at radius 1 is 0.875 bits per heavy atom. The number of amides is 2. The Kier molecular flexibility index (Phi) is 5.32. The van der Waals surface area contributed by atoms with Crippen LogP contribution in [0.1, 0.15) is 88.7 Å². The maximum absolute atomic E-state index is 13.8. The maximum atomic E-state index is 13.8. The zero-order valence-corrected chi connectivity index (χ0v) is 18.8. The number of pyridine rings is 1. The van der Waals surface area contributed by atoms with Gasteiger partial charge in [0.1, 0.15) is 5.82 Å². The highest BCUT2D eigenvalue weighted by Crippen LogP contribution is 2.45. The number of fused-ring (bicyclic) bond motifs is 2. The molecular formula is C26H33N3O3. The maximum Gasteiger partial charge on any atom is 0.323 e. The molecule has 0 radical (unpaired) electrons. The number of urea groups is 1. The van der Waals surface area contributed by atoms with E-state index in [2.05, 4.69) is 17.4 Å². The summed E-state index contributed by atoms with van der Waals surface area (Å²) in [6.07, 6.45) is 13.9. The first-order valence-corrected chi connectivity index (χ1v) is 12.6. The van der Waals surface area contributed by atoms with Gasteiger partial charge in [-0.3, -0.25) is 4.90 Å². The van der Waals surface area contributed by atoms with Crippen LogP contribution in [0.5, 0.6) is 11.5 Å². The quantitative estimate of drug-likeness (QED) is 0.638. The molecule has 6 nitrogen and oxygen atoms in total. The molecule has 3 saturated carbocycles. The molecule has 1 aliphatic heterocycles. The number of carbonyl (C=O) groups is 1. The number of aromatic nitrogens is 1. The van der Waals surface area contributed by atoms with Gasteiger partial charge in [0.05, 0.1) is 0 Å². The molecule has 0 unspecified atom stereocenters. The lowest BCUT2D eigenvalue weighted by Crippen LogP contribution is -2.51. The van der Waals surface area contributed by atoms with Gasteiger partial charge in [0.15, 0.2) is 11.5 Å². The zero-order valence-electron chi connectivity index (χ0n) is 18.8. The van der Waals surface area contributed by atoms with Crippen LogP contribution in [0.4, 0.5) is 10.6 Å². The summed E-state index contributed by atoms with van der Waals surface area (Å²) in [5.74, 6) is 2.85. The van der Waals surface area contributed by atoms with Crippen LogP contribution in [0.2, 0.25) is 0 Å². The molecule has 2 heterocycles. The topological polar surface area (TPSA) is 63.7 Å². The Morgan fingerprint density at radius 2 is 1.56 bits per heavy atom. The van der Waals surface area contributed by atoms with E-state index in [1.54, 1.807) is 0 Å². The van der Waals surface area contributed by atoms with E-state index in [4.69, 9.17) is 14.5 Å². The van der Waals surface area contributed by atoms with Gasteiger partial charge in [-0.2, -0.15) is 0 Å². The molecule has 0 spiro atoms. The predicted molar refractivity (Wildman–Crippen MR) is 125 cm³/mol. The van der Waals surface area contributed by atoms with E-state index in [1.165, 1.54) is 51.4 Å². The summed E-state index contributed by atoms with van der Waals surface area (Å²) in [6, 6.07) is 6.79. The number of benzene rings is 1. The Balaban J connectivity index is 1.44. The SMILES string of the molecule is O=C(NC1CCCCC1)N(c1nc(C2CC2)cc2cc3c(cc12)OCO3)C1CCCCC1. The van der Waals surface area contributed by atoms with Gasteiger partial charge in [-0.1, -0.05) is 38.5 Å². The molecular weight excluding hydrogens is 402 g/mol. The van der Waals surface area contributed by atoms with E-state index in [9.17, 15) is 4.79 Å². The Labute approximate surface area is 189 Å². The molecule has 6 heteroatoms. The van der Waals surface area contributed by atoms with Gasteiger partial charge < -0.3 is 14.8 Å². The number of ether oxygens (including phenoxy) is 2. The van der Waals surface area contributed by atoms with Crippen LogP contribution < -0.4 is 19.7 Å². The van der Waals surface area contributed by atoms with Crippen LogP contribution in [0, 0.1) is 0 Å². The van der Waals surface area contributed by atoms with Crippen LogP contribution in [0.25, 0.3) is 10.8 Å². The van der Waals surface area contributed by atoms with Crippen molar-refractivity contribution in [2.24, 2.45) is 0 Å². The van der Waals surface area contributed by atoms with E-state index >= 15 is 0 Å². The normalized spacial score (nSPS) is 21.6. The van der Waals surface area contributed by atoms with Crippen LogP contribution in [-0.2, 0) is 0 Å². The summed E-state index contributed by atoms with van der Waals surface area (Å²) in [5, 5.41) is 5.47. The zero-order chi connectivity index (χ0) is 21.5.